The smallest absolute Gasteiger partial charge is 0.253 e. The van der Waals surface area contributed by atoms with E-state index in [0.717, 1.165) is 24.2 Å². The number of hydrogen-bond donors (Lipinski definition) is 0. The molecule has 2 aromatic carbocycles. The molecule has 0 aliphatic carbocycles. The van der Waals surface area contributed by atoms with Gasteiger partial charge in [0.05, 0.1) is 19.1 Å². The third-order valence-electron chi connectivity index (χ3n) is 5.68. The molecule has 3 rings (SSSR count). The Balaban J connectivity index is 1.66. The van der Waals surface area contributed by atoms with E-state index >= 15 is 0 Å². The molecule has 2 unspecified atom stereocenters. The Hall–Kier alpha value is -2.89. The largest absolute Gasteiger partial charge is 0.497 e. The van der Waals surface area contributed by atoms with Crippen molar-refractivity contribution in [2.45, 2.75) is 25.8 Å². The van der Waals surface area contributed by atoms with Gasteiger partial charge < -0.3 is 14.5 Å². The van der Waals surface area contributed by atoms with Gasteiger partial charge >= 0.3 is 0 Å². The fourth-order valence-corrected chi connectivity index (χ4v) is 3.72. The lowest BCUT2D eigenvalue weighted by Crippen LogP contribution is -2.46. The molecule has 0 spiro atoms. The Morgan fingerprint density at radius 2 is 1.79 bits per heavy atom. The minimum Gasteiger partial charge on any atom is -0.497 e. The molecule has 2 atom stereocenters. The molecule has 6 heteroatoms. The molecule has 2 aromatic rings. The average molecular weight is 398 g/mol. The van der Waals surface area contributed by atoms with Gasteiger partial charge in [-0.25, -0.2) is 4.39 Å². The number of ether oxygens (including phenoxy) is 1. The third kappa shape index (κ3) is 4.75. The molecule has 1 aliphatic rings. The summed E-state index contributed by atoms with van der Waals surface area (Å²) in [4.78, 5) is 29.3. The molecule has 1 heterocycles. The quantitative estimate of drug-likeness (QED) is 0.767. The fourth-order valence-electron chi connectivity index (χ4n) is 3.72. The summed E-state index contributed by atoms with van der Waals surface area (Å²) in [6.45, 7) is 2.98. The zero-order valence-corrected chi connectivity index (χ0v) is 17.1. The number of hydrogen-bond acceptors (Lipinski definition) is 3. The van der Waals surface area contributed by atoms with Crippen LogP contribution in [0, 0.1) is 11.7 Å². The van der Waals surface area contributed by atoms with Crippen molar-refractivity contribution >= 4 is 11.8 Å². The Morgan fingerprint density at radius 1 is 1.14 bits per heavy atom. The zero-order chi connectivity index (χ0) is 21.0. The Bertz CT molecular complexity index is 851. The van der Waals surface area contributed by atoms with E-state index in [1.54, 1.807) is 24.0 Å². The first-order chi connectivity index (χ1) is 13.9. The lowest BCUT2D eigenvalue weighted by atomic mass is 9.95. The zero-order valence-electron chi connectivity index (χ0n) is 17.1. The summed E-state index contributed by atoms with van der Waals surface area (Å²) in [5, 5.41) is 0. The Kier molecular flexibility index (Phi) is 6.52. The van der Waals surface area contributed by atoms with Gasteiger partial charge in [-0.1, -0.05) is 12.1 Å². The second-order valence-electron chi connectivity index (χ2n) is 7.50. The van der Waals surface area contributed by atoms with Crippen molar-refractivity contribution in [3.8, 4) is 5.75 Å². The number of carbonyl (C=O) groups excluding carboxylic acids is 2. The van der Waals surface area contributed by atoms with Crippen LogP contribution in [-0.2, 0) is 4.79 Å². The van der Waals surface area contributed by atoms with Crippen LogP contribution < -0.4 is 4.74 Å². The molecule has 5 nitrogen and oxygen atoms in total. The highest BCUT2D eigenvalue weighted by molar-refractivity contribution is 5.94. The van der Waals surface area contributed by atoms with Crippen molar-refractivity contribution < 1.29 is 18.7 Å². The second-order valence-corrected chi connectivity index (χ2v) is 7.50. The molecule has 154 valence electrons. The predicted molar refractivity (Wildman–Crippen MR) is 109 cm³/mol. The van der Waals surface area contributed by atoms with Crippen molar-refractivity contribution in [1.29, 1.82) is 0 Å². The Morgan fingerprint density at radius 3 is 2.41 bits per heavy atom. The summed E-state index contributed by atoms with van der Waals surface area (Å²) in [7, 11) is 3.42. The number of piperidine rings is 1. The SMILES string of the molecule is COc1ccc(C(C)N(C)C(=O)C2CCCN(C(=O)c3ccc(F)cc3)C2)cc1. The number of nitrogens with zero attached hydrogens (tertiary/aromatic N) is 2. The molecule has 2 amide bonds. The van der Waals surface area contributed by atoms with Crippen LogP contribution in [0.15, 0.2) is 48.5 Å². The van der Waals surface area contributed by atoms with E-state index in [9.17, 15) is 14.0 Å². The summed E-state index contributed by atoms with van der Waals surface area (Å²) in [5.41, 5.74) is 1.47. The molecule has 1 fully saturated rings. The van der Waals surface area contributed by atoms with Crippen molar-refractivity contribution in [2.75, 3.05) is 27.2 Å². The van der Waals surface area contributed by atoms with Gasteiger partial charge in [0.15, 0.2) is 0 Å². The van der Waals surface area contributed by atoms with Crippen LogP contribution in [0.4, 0.5) is 4.39 Å². The summed E-state index contributed by atoms with van der Waals surface area (Å²) in [5.74, 6) is 0.0386. The van der Waals surface area contributed by atoms with Gasteiger partial charge in [-0.05, 0) is 61.7 Å². The summed E-state index contributed by atoms with van der Waals surface area (Å²) in [6, 6.07) is 13.1. The minimum atomic E-state index is -0.373. The highest BCUT2D eigenvalue weighted by atomic mass is 19.1. The van der Waals surface area contributed by atoms with E-state index in [2.05, 4.69) is 0 Å². The maximum atomic E-state index is 13.1. The fraction of sp³-hybridized carbons (Fsp3) is 0.391. The van der Waals surface area contributed by atoms with E-state index in [0.29, 0.717) is 18.7 Å². The van der Waals surface area contributed by atoms with Crippen LogP contribution in [0.25, 0.3) is 0 Å². The molecule has 1 aliphatic heterocycles. The highest BCUT2D eigenvalue weighted by Gasteiger charge is 2.32. The van der Waals surface area contributed by atoms with E-state index < -0.39 is 0 Å². The molecular formula is C23H27FN2O3. The van der Waals surface area contributed by atoms with Crippen LogP contribution in [0.1, 0.15) is 41.7 Å². The summed E-state index contributed by atoms with van der Waals surface area (Å²) >= 11 is 0. The lowest BCUT2D eigenvalue weighted by molar-refractivity contribution is -0.137. The number of likely N-dealkylation sites (tertiary alicyclic amines) is 1. The standard InChI is InChI=1S/C23H27FN2O3/c1-16(17-8-12-21(29-3)13-9-17)25(2)22(27)19-5-4-14-26(15-19)23(28)18-6-10-20(24)11-7-18/h6-13,16,19H,4-5,14-15H2,1-3H3. The van der Waals surface area contributed by atoms with Crippen LogP contribution >= 0.6 is 0 Å². The van der Waals surface area contributed by atoms with Crippen molar-refractivity contribution in [3.63, 3.8) is 0 Å². The molecule has 1 saturated heterocycles. The maximum Gasteiger partial charge on any atom is 0.253 e. The number of halogens is 1. The van der Waals surface area contributed by atoms with Crippen LogP contribution in [0.2, 0.25) is 0 Å². The molecule has 0 bridgehead atoms. The number of carbonyl (C=O) groups is 2. The number of methoxy groups -OCH3 is 1. The summed E-state index contributed by atoms with van der Waals surface area (Å²) in [6.07, 6.45) is 1.53. The molecule has 0 aromatic heterocycles. The van der Waals surface area contributed by atoms with Gasteiger partial charge in [0, 0.05) is 25.7 Å². The van der Waals surface area contributed by atoms with E-state index in [1.165, 1.54) is 24.3 Å². The molecule has 0 radical (unpaired) electrons. The molecule has 0 saturated carbocycles. The van der Waals surface area contributed by atoms with E-state index in [-0.39, 0.29) is 29.6 Å². The van der Waals surface area contributed by atoms with E-state index in [4.69, 9.17) is 4.74 Å². The molecule has 29 heavy (non-hydrogen) atoms. The van der Waals surface area contributed by atoms with E-state index in [1.807, 2.05) is 31.2 Å². The van der Waals surface area contributed by atoms with Crippen molar-refractivity contribution in [3.05, 3.63) is 65.5 Å². The van der Waals surface area contributed by atoms with Gasteiger partial charge in [-0.2, -0.15) is 0 Å². The van der Waals surface area contributed by atoms with Gasteiger partial charge in [0.2, 0.25) is 5.91 Å². The topological polar surface area (TPSA) is 49.9 Å². The number of benzene rings is 2. The molecule has 0 N–H and O–H groups in total. The first kappa shape index (κ1) is 20.8. The van der Waals surface area contributed by atoms with Crippen LogP contribution in [-0.4, -0.2) is 48.9 Å². The van der Waals surface area contributed by atoms with Crippen LogP contribution in [0.3, 0.4) is 0 Å². The van der Waals surface area contributed by atoms with Gasteiger partial charge in [-0.3, -0.25) is 9.59 Å². The maximum absolute atomic E-state index is 13.1. The first-order valence-electron chi connectivity index (χ1n) is 9.86. The second kappa shape index (κ2) is 9.07. The van der Waals surface area contributed by atoms with Crippen molar-refractivity contribution in [2.24, 2.45) is 5.92 Å². The normalized spacial score (nSPS) is 17.5. The van der Waals surface area contributed by atoms with Crippen molar-refractivity contribution in [1.82, 2.24) is 9.80 Å². The minimum absolute atomic E-state index is 0.0323. The number of amides is 2. The van der Waals surface area contributed by atoms with Crippen LogP contribution in [0.5, 0.6) is 5.75 Å². The first-order valence-corrected chi connectivity index (χ1v) is 9.86. The monoisotopic (exact) mass is 398 g/mol. The van der Waals surface area contributed by atoms with Gasteiger partial charge in [0.25, 0.3) is 5.91 Å². The van der Waals surface area contributed by atoms with Gasteiger partial charge in [-0.15, -0.1) is 0 Å². The third-order valence-corrected chi connectivity index (χ3v) is 5.68. The van der Waals surface area contributed by atoms with Gasteiger partial charge in [0.1, 0.15) is 11.6 Å². The summed E-state index contributed by atoms with van der Waals surface area (Å²) < 4.78 is 18.3. The molecular weight excluding hydrogens is 371 g/mol. The Labute approximate surface area is 171 Å². The predicted octanol–water partition coefficient (Wildman–Crippen LogP) is 3.91. The number of rotatable bonds is 5. The highest BCUT2D eigenvalue weighted by Crippen LogP contribution is 2.26. The average Bonchev–Trinajstić information content (AvgIpc) is 2.77. The lowest BCUT2D eigenvalue weighted by Gasteiger charge is -2.36.